The number of carbonyl (C=O) groups excluding carboxylic acids is 1. The molecule has 2 heterocycles. The molecule has 4 rings (SSSR count). The summed E-state index contributed by atoms with van der Waals surface area (Å²) in [4.78, 5) is 32.6. The fourth-order valence-corrected chi connectivity index (χ4v) is 3.37. The van der Waals surface area contributed by atoms with Gasteiger partial charge in [-0.05, 0) is 37.1 Å². The number of likely N-dealkylation sites (tertiary alicyclic amines) is 1. The summed E-state index contributed by atoms with van der Waals surface area (Å²) in [6.07, 6.45) is 1.76. The van der Waals surface area contributed by atoms with E-state index in [1.807, 2.05) is 24.3 Å². The minimum atomic E-state index is -0.475. The summed E-state index contributed by atoms with van der Waals surface area (Å²) in [5, 5.41) is 10.7. The van der Waals surface area contributed by atoms with Crippen LogP contribution in [0.25, 0.3) is 11.0 Å². The van der Waals surface area contributed by atoms with Gasteiger partial charge < -0.3 is 14.6 Å². The lowest BCUT2D eigenvalue weighted by atomic mass is 10.2. The van der Waals surface area contributed by atoms with E-state index < -0.39 is 4.92 Å². The number of hydrogen-bond donors (Lipinski definition) is 1. The Bertz CT molecular complexity index is 950. The van der Waals surface area contributed by atoms with Gasteiger partial charge in [-0.3, -0.25) is 14.9 Å². The summed E-state index contributed by atoms with van der Waals surface area (Å²) in [6.45, 7) is 0.540. The molecule has 0 saturated carbocycles. The number of benzene rings is 2. The van der Waals surface area contributed by atoms with Gasteiger partial charge in [0.05, 0.1) is 22.0 Å². The van der Waals surface area contributed by atoms with Crippen molar-refractivity contribution in [3.05, 3.63) is 64.5 Å². The van der Waals surface area contributed by atoms with Gasteiger partial charge in [-0.25, -0.2) is 4.98 Å². The molecule has 0 radical (unpaired) electrons. The number of imidazole rings is 1. The van der Waals surface area contributed by atoms with Gasteiger partial charge in [0, 0.05) is 18.7 Å². The third kappa shape index (κ3) is 3.46. The molecule has 1 aromatic heterocycles. The number of para-hydroxylation sites is 2. The van der Waals surface area contributed by atoms with E-state index in [4.69, 9.17) is 4.74 Å². The Labute approximate surface area is 154 Å². The molecule has 0 spiro atoms. The summed E-state index contributed by atoms with van der Waals surface area (Å²) in [6, 6.07) is 13.4. The van der Waals surface area contributed by atoms with E-state index in [1.54, 1.807) is 4.90 Å². The molecule has 0 bridgehead atoms. The molecule has 1 fully saturated rings. The predicted octanol–water partition coefficient (Wildman–Crippen LogP) is 3.21. The minimum Gasteiger partial charge on any atom is -0.484 e. The molecule has 0 aliphatic carbocycles. The second-order valence-electron chi connectivity index (χ2n) is 6.42. The van der Waals surface area contributed by atoms with Crippen molar-refractivity contribution in [3.8, 4) is 5.75 Å². The van der Waals surface area contributed by atoms with E-state index in [1.165, 1.54) is 24.3 Å². The number of nitro benzene ring substituents is 1. The van der Waals surface area contributed by atoms with Crippen LogP contribution in [0.15, 0.2) is 48.5 Å². The van der Waals surface area contributed by atoms with Gasteiger partial charge in [0.1, 0.15) is 11.6 Å². The van der Waals surface area contributed by atoms with Crippen molar-refractivity contribution in [2.75, 3.05) is 13.2 Å². The Morgan fingerprint density at radius 1 is 1.26 bits per heavy atom. The van der Waals surface area contributed by atoms with Crippen LogP contribution < -0.4 is 4.74 Å². The Morgan fingerprint density at radius 3 is 2.78 bits per heavy atom. The Kier molecular flexibility index (Phi) is 4.45. The third-order valence-electron chi connectivity index (χ3n) is 4.71. The first-order valence-corrected chi connectivity index (χ1v) is 8.73. The van der Waals surface area contributed by atoms with Crippen molar-refractivity contribution in [2.24, 2.45) is 0 Å². The van der Waals surface area contributed by atoms with Crippen molar-refractivity contribution in [2.45, 2.75) is 18.9 Å². The molecule has 138 valence electrons. The molecular formula is C19H18N4O4. The average molecular weight is 366 g/mol. The van der Waals surface area contributed by atoms with Crippen molar-refractivity contribution in [1.82, 2.24) is 14.9 Å². The average Bonchev–Trinajstić information content (AvgIpc) is 3.32. The smallest absolute Gasteiger partial charge is 0.269 e. The van der Waals surface area contributed by atoms with Gasteiger partial charge in [0.15, 0.2) is 6.61 Å². The highest BCUT2D eigenvalue weighted by Crippen LogP contribution is 2.31. The SMILES string of the molecule is O=C(COc1ccc([N+](=O)[O-])cc1)N1CCCC1c1nc2ccccc2[nH]1. The molecule has 1 atom stereocenters. The number of nitrogens with one attached hydrogen (secondary N) is 1. The van der Waals surface area contributed by atoms with Gasteiger partial charge in [0.25, 0.3) is 11.6 Å². The van der Waals surface area contributed by atoms with Crippen LogP contribution >= 0.6 is 0 Å². The van der Waals surface area contributed by atoms with Crippen molar-refractivity contribution in [1.29, 1.82) is 0 Å². The molecule has 27 heavy (non-hydrogen) atoms. The Morgan fingerprint density at radius 2 is 2.04 bits per heavy atom. The van der Waals surface area contributed by atoms with Gasteiger partial charge in [-0.2, -0.15) is 0 Å². The lowest BCUT2D eigenvalue weighted by Crippen LogP contribution is -2.34. The summed E-state index contributed by atoms with van der Waals surface area (Å²) >= 11 is 0. The molecular weight excluding hydrogens is 348 g/mol. The molecule has 1 aliphatic rings. The maximum Gasteiger partial charge on any atom is 0.269 e. The van der Waals surface area contributed by atoms with Crippen LogP contribution in [0.3, 0.4) is 0 Å². The number of amides is 1. The largest absolute Gasteiger partial charge is 0.484 e. The number of carbonyl (C=O) groups is 1. The quantitative estimate of drug-likeness (QED) is 0.552. The normalized spacial score (nSPS) is 16.6. The lowest BCUT2D eigenvalue weighted by Gasteiger charge is -2.23. The summed E-state index contributed by atoms with van der Waals surface area (Å²) in [5.41, 5.74) is 1.82. The van der Waals surface area contributed by atoms with Crippen LogP contribution in [0.5, 0.6) is 5.75 Å². The zero-order valence-corrected chi connectivity index (χ0v) is 14.5. The van der Waals surface area contributed by atoms with Crippen molar-refractivity contribution in [3.63, 3.8) is 0 Å². The minimum absolute atomic E-state index is 0.0156. The number of non-ortho nitro benzene ring substituents is 1. The monoisotopic (exact) mass is 366 g/mol. The van der Waals surface area contributed by atoms with Gasteiger partial charge in [0.2, 0.25) is 0 Å². The highest BCUT2D eigenvalue weighted by molar-refractivity contribution is 5.79. The van der Waals surface area contributed by atoms with Gasteiger partial charge >= 0.3 is 0 Å². The second-order valence-corrected chi connectivity index (χ2v) is 6.42. The fraction of sp³-hybridized carbons (Fsp3) is 0.263. The van der Waals surface area contributed by atoms with E-state index in [2.05, 4.69) is 9.97 Å². The first kappa shape index (κ1) is 17.0. The number of H-pyrrole nitrogens is 1. The van der Waals surface area contributed by atoms with Gasteiger partial charge in [-0.15, -0.1) is 0 Å². The number of aromatic amines is 1. The van der Waals surface area contributed by atoms with Crippen molar-refractivity contribution >= 4 is 22.6 Å². The first-order chi connectivity index (χ1) is 13.1. The van der Waals surface area contributed by atoms with E-state index in [9.17, 15) is 14.9 Å². The van der Waals surface area contributed by atoms with Crippen LogP contribution in [0.1, 0.15) is 24.7 Å². The number of fused-ring (bicyclic) bond motifs is 1. The summed E-state index contributed by atoms with van der Waals surface area (Å²) in [7, 11) is 0. The van der Waals surface area contributed by atoms with E-state index in [0.717, 1.165) is 29.7 Å². The zero-order valence-electron chi connectivity index (χ0n) is 14.5. The Hall–Kier alpha value is -3.42. The second kappa shape index (κ2) is 7.06. The zero-order chi connectivity index (χ0) is 18.8. The molecule has 2 aromatic carbocycles. The number of rotatable bonds is 5. The fourth-order valence-electron chi connectivity index (χ4n) is 3.37. The van der Waals surface area contributed by atoms with Crippen LogP contribution in [-0.4, -0.2) is 38.8 Å². The third-order valence-corrected chi connectivity index (χ3v) is 4.71. The number of nitrogens with zero attached hydrogens (tertiary/aromatic N) is 3. The standard InChI is InChI=1S/C19H18N4O4/c24-18(12-27-14-9-7-13(8-10-14)23(25)26)22-11-3-6-17(22)19-20-15-4-1-2-5-16(15)21-19/h1-2,4-5,7-10,17H,3,6,11-12H2,(H,20,21). The first-order valence-electron chi connectivity index (χ1n) is 8.73. The van der Waals surface area contributed by atoms with Gasteiger partial charge in [-0.1, -0.05) is 12.1 Å². The van der Waals surface area contributed by atoms with Crippen LogP contribution in [-0.2, 0) is 4.79 Å². The summed E-state index contributed by atoms with van der Waals surface area (Å²) < 4.78 is 5.51. The number of hydrogen-bond acceptors (Lipinski definition) is 5. The molecule has 1 N–H and O–H groups in total. The molecule has 1 aliphatic heterocycles. The number of aromatic nitrogens is 2. The van der Waals surface area contributed by atoms with E-state index in [0.29, 0.717) is 12.3 Å². The molecule has 1 amide bonds. The molecule has 1 unspecified atom stereocenters. The summed E-state index contributed by atoms with van der Waals surface area (Å²) in [5.74, 6) is 1.09. The maximum absolute atomic E-state index is 12.6. The van der Waals surface area contributed by atoms with E-state index in [-0.39, 0.29) is 24.2 Å². The molecule has 3 aromatic rings. The number of nitro groups is 1. The maximum atomic E-state index is 12.6. The highest BCUT2D eigenvalue weighted by Gasteiger charge is 2.32. The lowest BCUT2D eigenvalue weighted by molar-refractivity contribution is -0.384. The molecule has 1 saturated heterocycles. The van der Waals surface area contributed by atoms with Crippen LogP contribution in [0, 0.1) is 10.1 Å². The van der Waals surface area contributed by atoms with Crippen LogP contribution in [0.2, 0.25) is 0 Å². The highest BCUT2D eigenvalue weighted by atomic mass is 16.6. The van der Waals surface area contributed by atoms with Crippen LogP contribution in [0.4, 0.5) is 5.69 Å². The van der Waals surface area contributed by atoms with Crippen molar-refractivity contribution < 1.29 is 14.5 Å². The predicted molar refractivity (Wildman–Crippen MR) is 98.4 cm³/mol. The molecule has 8 heteroatoms. The number of ether oxygens (including phenoxy) is 1. The topological polar surface area (TPSA) is 101 Å². The van der Waals surface area contributed by atoms with E-state index >= 15 is 0 Å². The Balaban J connectivity index is 1.43. The molecule has 8 nitrogen and oxygen atoms in total.